The van der Waals surface area contributed by atoms with Crippen molar-refractivity contribution in [2.24, 2.45) is 22.0 Å². The fourth-order valence-corrected chi connectivity index (χ4v) is 3.41. The zero-order chi connectivity index (χ0) is 25.5. The predicted molar refractivity (Wildman–Crippen MR) is 125 cm³/mol. The summed E-state index contributed by atoms with van der Waals surface area (Å²) >= 11 is 0. The maximum atomic E-state index is 14.6. The number of rotatable bonds is 9. The first-order chi connectivity index (χ1) is 16.0. The molecular formula is C24H30F2N4O4. The molecule has 0 fully saturated rings. The second kappa shape index (κ2) is 11.6. The van der Waals surface area contributed by atoms with Crippen molar-refractivity contribution < 1.29 is 28.3 Å². The van der Waals surface area contributed by atoms with E-state index in [0.717, 1.165) is 18.2 Å². The van der Waals surface area contributed by atoms with Crippen LogP contribution in [0.15, 0.2) is 70.5 Å². The van der Waals surface area contributed by atoms with Crippen molar-refractivity contribution in [1.29, 1.82) is 0 Å². The lowest BCUT2D eigenvalue weighted by Crippen LogP contribution is -2.33. The highest BCUT2D eigenvalue weighted by atomic mass is 19.1. The number of azo groups is 1. The SMILES string of the molecule is C=C(O)/C=C(/C/N=N/[C@@H](C(=O)Nc1cc(F)c(C(C)(C)C)c(F)c1)C1C=CC(OC)=CC1)ON. The number of nitrogens with one attached hydrogen (secondary N) is 1. The van der Waals surface area contributed by atoms with Gasteiger partial charge in [0.2, 0.25) is 0 Å². The van der Waals surface area contributed by atoms with E-state index in [-0.39, 0.29) is 29.3 Å². The van der Waals surface area contributed by atoms with E-state index in [9.17, 15) is 18.7 Å². The number of aliphatic hydroxyl groups is 1. The minimum atomic E-state index is -1.03. The molecule has 1 amide bonds. The number of ether oxygens (including phenoxy) is 1. The molecule has 1 aliphatic carbocycles. The summed E-state index contributed by atoms with van der Waals surface area (Å²) in [5.74, 6) is 3.03. The summed E-state index contributed by atoms with van der Waals surface area (Å²) in [6.07, 6.45) is 6.82. The van der Waals surface area contributed by atoms with E-state index in [1.807, 2.05) is 0 Å². The van der Waals surface area contributed by atoms with E-state index < -0.39 is 34.9 Å². The van der Waals surface area contributed by atoms with Crippen LogP contribution in [0.4, 0.5) is 14.5 Å². The Bertz CT molecular complexity index is 1020. The smallest absolute Gasteiger partial charge is 0.251 e. The van der Waals surface area contributed by atoms with Crippen LogP contribution in [-0.4, -0.2) is 30.7 Å². The fraction of sp³-hybridized carbons (Fsp3) is 0.375. The molecule has 0 heterocycles. The van der Waals surface area contributed by atoms with Crippen molar-refractivity contribution >= 4 is 11.6 Å². The molecule has 0 bridgehead atoms. The summed E-state index contributed by atoms with van der Waals surface area (Å²) < 4.78 is 34.4. The number of carbonyl (C=O) groups excluding carboxylic acids is 1. The molecule has 0 aliphatic heterocycles. The molecule has 2 rings (SSSR count). The van der Waals surface area contributed by atoms with Crippen molar-refractivity contribution in [2.45, 2.75) is 38.6 Å². The maximum absolute atomic E-state index is 14.6. The van der Waals surface area contributed by atoms with E-state index >= 15 is 0 Å². The average molecular weight is 477 g/mol. The van der Waals surface area contributed by atoms with Crippen LogP contribution < -0.4 is 11.2 Å². The summed E-state index contributed by atoms with van der Waals surface area (Å²) in [6, 6.07) is 1.12. The van der Waals surface area contributed by atoms with Crippen molar-refractivity contribution in [3.63, 3.8) is 0 Å². The Morgan fingerprint density at radius 2 is 2.03 bits per heavy atom. The van der Waals surface area contributed by atoms with Gasteiger partial charge in [0.25, 0.3) is 5.91 Å². The summed E-state index contributed by atoms with van der Waals surface area (Å²) in [5.41, 5.74) is -0.855. The maximum Gasteiger partial charge on any atom is 0.251 e. The van der Waals surface area contributed by atoms with Crippen molar-refractivity contribution in [1.82, 2.24) is 0 Å². The number of hydrogen-bond donors (Lipinski definition) is 3. The quantitative estimate of drug-likeness (QED) is 0.201. The van der Waals surface area contributed by atoms with Gasteiger partial charge in [-0.25, -0.2) is 8.78 Å². The van der Waals surface area contributed by atoms with E-state index in [4.69, 9.17) is 10.6 Å². The molecule has 0 saturated carbocycles. The number of anilines is 1. The van der Waals surface area contributed by atoms with E-state index in [1.165, 1.54) is 7.11 Å². The molecule has 1 aliphatic rings. The number of nitrogens with zero attached hydrogens (tertiary/aromatic N) is 2. The molecule has 8 nitrogen and oxygen atoms in total. The zero-order valence-electron chi connectivity index (χ0n) is 19.6. The highest BCUT2D eigenvalue weighted by Crippen LogP contribution is 2.31. The number of carbonyl (C=O) groups is 1. The van der Waals surface area contributed by atoms with Crippen LogP contribution in [-0.2, 0) is 19.8 Å². The molecule has 0 aromatic heterocycles. The summed E-state index contributed by atoms with van der Waals surface area (Å²) in [6.45, 7) is 8.22. The highest BCUT2D eigenvalue weighted by molar-refractivity contribution is 5.95. The van der Waals surface area contributed by atoms with Crippen molar-refractivity contribution in [3.8, 4) is 0 Å². The molecule has 0 saturated heterocycles. The van der Waals surface area contributed by atoms with Gasteiger partial charge < -0.3 is 20.0 Å². The topological polar surface area (TPSA) is 119 Å². The lowest BCUT2D eigenvalue weighted by Gasteiger charge is -2.23. The fourth-order valence-electron chi connectivity index (χ4n) is 3.41. The summed E-state index contributed by atoms with van der Waals surface area (Å²) in [7, 11) is 1.53. The highest BCUT2D eigenvalue weighted by Gasteiger charge is 2.29. The largest absolute Gasteiger partial charge is 0.508 e. The van der Waals surface area contributed by atoms with Gasteiger partial charge in [0, 0.05) is 23.2 Å². The number of amides is 1. The normalized spacial score (nSPS) is 17.3. The van der Waals surface area contributed by atoms with Gasteiger partial charge in [-0.2, -0.15) is 16.1 Å². The molecule has 1 aromatic rings. The van der Waals surface area contributed by atoms with Crippen LogP contribution in [0.1, 0.15) is 32.8 Å². The standard InChI is InChI=1S/C24H30F2N4O4/c1-14(31)10-18(34-27)13-28-30-22(15-6-8-17(33-5)9-7-15)23(32)29-16-11-19(25)21(20(26)12-16)24(2,3)4/h6,8-12,15,22,31H,1,7,13,27H2,2-5H3,(H,29,32)/b18-10-,30-28+/t15?,22-/m1/s1. The van der Waals surface area contributed by atoms with Crippen LogP contribution >= 0.6 is 0 Å². The van der Waals surface area contributed by atoms with E-state index in [1.54, 1.807) is 39.0 Å². The summed E-state index contributed by atoms with van der Waals surface area (Å²) in [5, 5.41) is 19.8. The van der Waals surface area contributed by atoms with Gasteiger partial charge in [0.15, 0.2) is 11.8 Å². The Morgan fingerprint density at radius 3 is 2.50 bits per heavy atom. The van der Waals surface area contributed by atoms with Gasteiger partial charge >= 0.3 is 0 Å². The van der Waals surface area contributed by atoms with Gasteiger partial charge in [0.05, 0.1) is 7.11 Å². The number of nitrogens with two attached hydrogens (primary N) is 1. The van der Waals surface area contributed by atoms with Gasteiger partial charge in [-0.3, -0.25) is 4.79 Å². The minimum Gasteiger partial charge on any atom is -0.508 e. The number of hydrogen-bond acceptors (Lipinski definition) is 7. The molecular weight excluding hydrogens is 446 g/mol. The Hall–Kier alpha value is -3.53. The number of methoxy groups -OCH3 is 1. The van der Waals surface area contributed by atoms with Crippen LogP contribution in [0.2, 0.25) is 0 Å². The second-order valence-corrected chi connectivity index (χ2v) is 8.70. The average Bonchev–Trinajstić information content (AvgIpc) is 2.74. The first-order valence-corrected chi connectivity index (χ1v) is 10.5. The third-order valence-electron chi connectivity index (χ3n) is 4.98. The Balaban J connectivity index is 2.29. The molecule has 10 heteroatoms. The number of aliphatic hydroxyl groups excluding tert-OH is 1. The van der Waals surface area contributed by atoms with Crippen molar-refractivity contribution in [2.75, 3.05) is 19.0 Å². The Labute approximate surface area is 197 Å². The molecule has 0 radical (unpaired) electrons. The van der Waals surface area contributed by atoms with E-state index in [2.05, 4.69) is 27.0 Å². The van der Waals surface area contributed by atoms with Gasteiger partial charge in [0.1, 0.15) is 29.7 Å². The Kier molecular flexibility index (Phi) is 9.08. The first-order valence-electron chi connectivity index (χ1n) is 10.5. The molecule has 34 heavy (non-hydrogen) atoms. The molecule has 0 spiro atoms. The van der Waals surface area contributed by atoms with Crippen LogP contribution in [0.5, 0.6) is 0 Å². The second-order valence-electron chi connectivity index (χ2n) is 8.70. The third kappa shape index (κ3) is 7.24. The first kappa shape index (κ1) is 26.7. The number of allylic oxidation sites excluding steroid dienone is 3. The van der Waals surface area contributed by atoms with Crippen LogP contribution in [0.25, 0.3) is 0 Å². The predicted octanol–water partition coefficient (Wildman–Crippen LogP) is 4.97. The van der Waals surface area contributed by atoms with Gasteiger partial charge in [-0.1, -0.05) is 33.4 Å². The van der Waals surface area contributed by atoms with Gasteiger partial charge in [-0.15, -0.1) is 0 Å². The Morgan fingerprint density at radius 1 is 1.38 bits per heavy atom. The molecule has 1 aromatic carbocycles. The van der Waals surface area contributed by atoms with Crippen LogP contribution in [0, 0.1) is 17.6 Å². The third-order valence-corrected chi connectivity index (χ3v) is 4.98. The number of halogens is 2. The minimum absolute atomic E-state index is 0.0384. The molecule has 2 atom stereocenters. The lowest BCUT2D eigenvalue weighted by molar-refractivity contribution is -0.118. The van der Waals surface area contributed by atoms with Crippen LogP contribution in [0.3, 0.4) is 0 Å². The molecule has 4 N–H and O–H groups in total. The number of benzene rings is 1. The monoisotopic (exact) mass is 476 g/mol. The molecule has 184 valence electrons. The molecule has 1 unspecified atom stereocenters. The lowest BCUT2D eigenvalue weighted by atomic mass is 9.86. The van der Waals surface area contributed by atoms with Crippen molar-refractivity contribution in [3.05, 3.63) is 77.5 Å². The van der Waals surface area contributed by atoms with E-state index in [0.29, 0.717) is 12.2 Å². The van der Waals surface area contributed by atoms with Gasteiger partial charge in [-0.05, 0) is 36.1 Å². The summed E-state index contributed by atoms with van der Waals surface area (Å²) in [4.78, 5) is 17.7. The zero-order valence-corrected chi connectivity index (χ0v) is 19.6.